The number of nitro benzene ring substituents is 1. The van der Waals surface area contributed by atoms with Crippen molar-refractivity contribution in [1.82, 2.24) is 19.8 Å². The van der Waals surface area contributed by atoms with Crippen molar-refractivity contribution in [3.63, 3.8) is 0 Å². The Kier molecular flexibility index (Phi) is 12.5. The van der Waals surface area contributed by atoms with Crippen molar-refractivity contribution in [2.24, 2.45) is 11.7 Å². The van der Waals surface area contributed by atoms with Crippen LogP contribution < -0.4 is 15.8 Å². The van der Waals surface area contributed by atoms with Gasteiger partial charge in [-0.1, -0.05) is 37.1 Å². The molecule has 4 rings (SSSR count). The number of hydrogen-bond acceptors (Lipinski definition) is 7. The minimum absolute atomic E-state index is 0. The monoisotopic (exact) mass is 649 g/mol. The van der Waals surface area contributed by atoms with Gasteiger partial charge in [0.15, 0.2) is 5.96 Å². The lowest BCUT2D eigenvalue weighted by atomic mass is 9.98. The Morgan fingerprint density at radius 1 is 1.00 bits per heavy atom. The van der Waals surface area contributed by atoms with Crippen LogP contribution in [0.5, 0.6) is 0 Å². The van der Waals surface area contributed by atoms with Crippen LogP contribution >= 0.6 is 12.4 Å². The van der Waals surface area contributed by atoms with E-state index in [-0.39, 0.29) is 59.3 Å². The van der Waals surface area contributed by atoms with Crippen LogP contribution in [0.4, 0.5) is 5.69 Å². The van der Waals surface area contributed by atoms with E-state index in [1.807, 2.05) is 0 Å². The molecule has 0 aromatic heterocycles. The highest BCUT2D eigenvalue weighted by molar-refractivity contribution is 7.89. The van der Waals surface area contributed by atoms with Gasteiger partial charge < -0.3 is 20.9 Å². The van der Waals surface area contributed by atoms with Crippen LogP contribution in [0.2, 0.25) is 0 Å². The highest BCUT2D eigenvalue weighted by atomic mass is 35.5. The molecule has 2 atom stereocenters. The predicted octanol–water partition coefficient (Wildman–Crippen LogP) is 2.64. The standard InChI is InChI=1S/C29H39N7O6S.ClH/c30-29(31)35-17-7-8-22(20-35)19-32-27(37)25(18-21-11-13-23(14-12-21)36(39)40)33-43(41,42)26-10-4-3-9-24(26)28(38)34-15-5-1-2-6-16-34;/h3-4,9-14,22,25,33H,1-2,5-8,15-20H2,(H3,30,31)(H,32,37);1H/t22?,25-;/m1./s1. The maximum Gasteiger partial charge on any atom is 0.269 e. The van der Waals surface area contributed by atoms with Crippen molar-refractivity contribution in [1.29, 1.82) is 5.41 Å². The SMILES string of the molecule is Cl.N=C(N)N1CCCC(CNC(=O)[C@@H](Cc2ccc([N+](=O)[O-])cc2)NS(=O)(=O)c2ccccc2C(=O)N2CCCCCC2)C1. The maximum atomic E-state index is 13.8. The van der Waals surface area contributed by atoms with Gasteiger partial charge in [0.05, 0.1) is 15.4 Å². The smallest absolute Gasteiger partial charge is 0.269 e. The Labute approximate surface area is 263 Å². The summed E-state index contributed by atoms with van der Waals surface area (Å²) in [5.41, 5.74) is 6.07. The molecule has 2 aromatic rings. The molecule has 0 bridgehead atoms. The first-order valence-electron chi connectivity index (χ1n) is 14.6. The summed E-state index contributed by atoms with van der Waals surface area (Å²) < 4.78 is 30.1. The first-order valence-corrected chi connectivity index (χ1v) is 16.0. The third-order valence-electron chi connectivity index (χ3n) is 7.93. The Bertz CT molecular complexity index is 1430. The summed E-state index contributed by atoms with van der Waals surface area (Å²) in [7, 11) is -4.35. The molecule has 2 saturated heterocycles. The van der Waals surface area contributed by atoms with E-state index in [1.54, 1.807) is 15.9 Å². The topological polar surface area (TPSA) is 192 Å². The lowest BCUT2D eigenvalue weighted by Crippen LogP contribution is -2.51. The number of piperidine rings is 1. The Hall–Kier alpha value is -3.75. The van der Waals surface area contributed by atoms with E-state index in [2.05, 4.69) is 10.0 Å². The van der Waals surface area contributed by atoms with Crippen molar-refractivity contribution in [3.8, 4) is 0 Å². The number of nitro groups is 1. The number of non-ortho nitro benzene ring substituents is 1. The number of halogens is 1. The summed E-state index contributed by atoms with van der Waals surface area (Å²) in [5, 5.41) is 21.7. The number of likely N-dealkylation sites (tertiary alicyclic amines) is 2. The van der Waals surface area contributed by atoms with Gasteiger partial charge >= 0.3 is 0 Å². The number of amides is 2. The number of nitrogens with zero attached hydrogens (tertiary/aromatic N) is 3. The van der Waals surface area contributed by atoms with Crippen LogP contribution in [0.25, 0.3) is 0 Å². The minimum Gasteiger partial charge on any atom is -0.370 e. The van der Waals surface area contributed by atoms with Gasteiger partial charge in [-0.25, -0.2) is 8.42 Å². The number of sulfonamides is 1. The maximum absolute atomic E-state index is 13.8. The van der Waals surface area contributed by atoms with E-state index in [4.69, 9.17) is 11.1 Å². The quantitative estimate of drug-likeness (QED) is 0.131. The fraction of sp³-hybridized carbons (Fsp3) is 0.483. The number of hydrogen-bond donors (Lipinski definition) is 4. The molecule has 2 fully saturated rings. The number of guanidine groups is 1. The van der Waals surface area contributed by atoms with Gasteiger partial charge in [0.2, 0.25) is 15.9 Å². The highest BCUT2D eigenvalue weighted by Gasteiger charge is 2.31. The lowest BCUT2D eigenvalue weighted by molar-refractivity contribution is -0.384. The zero-order valence-corrected chi connectivity index (χ0v) is 26.1. The van der Waals surface area contributed by atoms with E-state index in [0.29, 0.717) is 31.7 Å². The van der Waals surface area contributed by atoms with Crippen molar-refractivity contribution < 1.29 is 22.9 Å². The van der Waals surface area contributed by atoms with Crippen LogP contribution in [0.1, 0.15) is 54.4 Å². The number of carbonyl (C=O) groups excluding carboxylic acids is 2. The third-order valence-corrected chi connectivity index (χ3v) is 9.46. The van der Waals surface area contributed by atoms with Gasteiger partial charge in [0, 0.05) is 44.9 Å². The van der Waals surface area contributed by atoms with Crippen molar-refractivity contribution in [2.45, 2.75) is 55.9 Å². The molecule has 15 heteroatoms. The van der Waals surface area contributed by atoms with Crippen LogP contribution in [0.15, 0.2) is 53.4 Å². The van der Waals surface area contributed by atoms with Gasteiger partial charge in [-0.05, 0) is 55.7 Å². The number of nitrogens with two attached hydrogens (primary N) is 1. The molecule has 5 N–H and O–H groups in total. The number of carbonyl (C=O) groups is 2. The van der Waals surface area contributed by atoms with Gasteiger partial charge in [-0.2, -0.15) is 4.72 Å². The van der Waals surface area contributed by atoms with Crippen LogP contribution in [-0.2, 0) is 21.2 Å². The summed E-state index contributed by atoms with van der Waals surface area (Å²) in [4.78, 5) is 40.7. The molecule has 2 heterocycles. The Balaban J connectivity index is 0.00000529. The molecule has 0 saturated carbocycles. The number of rotatable bonds is 10. The number of nitrogens with one attached hydrogen (secondary N) is 3. The summed E-state index contributed by atoms with van der Waals surface area (Å²) in [6.45, 7) is 2.52. The second kappa shape index (κ2) is 15.8. The fourth-order valence-electron chi connectivity index (χ4n) is 5.57. The van der Waals surface area contributed by atoms with Gasteiger partial charge in [-0.15, -0.1) is 12.4 Å². The van der Waals surface area contributed by atoms with E-state index in [9.17, 15) is 28.1 Å². The molecule has 2 aromatic carbocycles. The molecule has 2 aliphatic rings. The normalized spacial score (nSPS) is 18.0. The summed E-state index contributed by atoms with van der Waals surface area (Å²) in [6.07, 6.45) is 5.27. The molecule has 2 aliphatic heterocycles. The molecule has 1 unspecified atom stereocenters. The highest BCUT2D eigenvalue weighted by Crippen LogP contribution is 2.22. The molecule has 0 spiro atoms. The fourth-order valence-corrected chi connectivity index (χ4v) is 6.96. The van der Waals surface area contributed by atoms with Crippen LogP contribution in [-0.4, -0.2) is 79.7 Å². The molecule has 240 valence electrons. The van der Waals surface area contributed by atoms with Crippen LogP contribution in [0, 0.1) is 21.4 Å². The van der Waals surface area contributed by atoms with Crippen molar-refractivity contribution in [3.05, 3.63) is 69.8 Å². The minimum atomic E-state index is -4.35. The molecule has 13 nitrogen and oxygen atoms in total. The summed E-state index contributed by atoms with van der Waals surface area (Å²) >= 11 is 0. The van der Waals surface area contributed by atoms with E-state index in [1.165, 1.54) is 42.5 Å². The number of benzene rings is 2. The summed E-state index contributed by atoms with van der Waals surface area (Å²) in [6, 6.07) is 10.3. The second-order valence-corrected chi connectivity index (χ2v) is 12.8. The second-order valence-electron chi connectivity index (χ2n) is 11.1. The van der Waals surface area contributed by atoms with E-state index < -0.39 is 26.9 Å². The van der Waals surface area contributed by atoms with Crippen molar-refractivity contribution >= 4 is 45.9 Å². The van der Waals surface area contributed by atoms with Crippen molar-refractivity contribution in [2.75, 3.05) is 32.7 Å². The molecule has 44 heavy (non-hydrogen) atoms. The van der Waals surface area contributed by atoms with Crippen LogP contribution in [0.3, 0.4) is 0 Å². The molecular weight excluding hydrogens is 610 g/mol. The molecule has 0 aliphatic carbocycles. The average molecular weight is 650 g/mol. The third kappa shape index (κ3) is 9.13. The predicted molar refractivity (Wildman–Crippen MR) is 168 cm³/mol. The largest absolute Gasteiger partial charge is 0.370 e. The first kappa shape index (κ1) is 34.7. The molecule has 0 radical (unpaired) electrons. The van der Waals surface area contributed by atoms with E-state index >= 15 is 0 Å². The Morgan fingerprint density at radius 3 is 2.27 bits per heavy atom. The average Bonchev–Trinajstić information content (AvgIpc) is 3.29. The lowest BCUT2D eigenvalue weighted by Gasteiger charge is -2.33. The Morgan fingerprint density at radius 2 is 1.64 bits per heavy atom. The summed E-state index contributed by atoms with van der Waals surface area (Å²) in [5.74, 6) is -0.955. The zero-order chi connectivity index (χ0) is 31.0. The van der Waals surface area contributed by atoms with Gasteiger partial charge in [-0.3, -0.25) is 25.1 Å². The van der Waals surface area contributed by atoms with E-state index in [0.717, 1.165) is 38.5 Å². The van der Waals surface area contributed by atoms with Gasteiger partial charge in [0.25, 0.3) is 11.6 Å². The zero-order valence-electron chi connectivity index (χ0n) is 24.4. The van der Waals surface area contributed by atoms with Gasteiger partial charge in [0.1, 0.15) is 6.04 Å². The molecular formula is C29H40ClN7O6S. The first-order chi connectivity index (χ1) is 20.5. The molecule has 2 amide bonds.